The maximum atomic E-state index is 10.1. The van der Waals surface area contributed by atoms with Gasteiger partial charge in [0.05, 0.1) is 12.1 Å². The molecule has 1 aromatic heterocycles. The largest absolute Gasteiger partial charge is 0.392 e. The Labute approximate surface area is 102 Å². The zero-order chi connectivity index (χ0) is 12.3. The van der Waals surface area contributed by atoms with Crippen molar-refractivity contribution < 1.29 is 5.11 Å². The van der Waals surface area contributed by atoms with Gasteiger partial charge in [0.2, 0.25) is 0 Å². The number of nitrogens with one attached hydrogen (secondary N) is 1. The highest BCUT2D eigenvalue weighted by atomic mass is 16.3. The molecule has 5 heteroatoms. The SMILES string of the molecule is CC(NC1CCCCCC1O)c1nncn1C. The molecule has 0 spiro atoms. The zero-order valence-corrected chi connectivity index (χ0v) is 10.6. The molecule has 2 N–H and O–H groups in total. The fourth-order valence-electron chi connectivity index (χ4n) is 2.56. The molecule has 1 fully saturated rings. The normalized spacial score (nSPS) is 27.7. The average molecular weight is 238 g/mol. The van der Waals surface area contributed by atoms with Crippen LogP contribution in [-0.4, -0.2) is 32.0 Å². The molecule has 0 amide bonds. The third-order valence-corrected chi connectivity index (χ3v) is 3.58. The first-order valence-corrected chi connectivity index (χ1v) is 6.46. The van der Waals surface area contributed by atoms with Crippen molar-refractivity contribution in [1.29, 1.82) is 0 Å². The van der Waals surface area contributed by atoms with Gasteiger partial charge in [-0.05, 0) is 19.8 Å². The standard InChI is InChI=1S/C12H22N4O/c1-9(12-15-13-8-16(12)2)14-10-6-4-3-5-7-11(10)17/h8-11,14,17H,3-7H2,1-2H3. The number of aliphatic hydroxyl groups is 1. The van der Waals surface area contributed by atoms with E-state index >= 15 is 0 Å². The Hall–Kier alpha value is -0.940. The van der Waals surface area contributed by atoms with E-state index < -0.39 is 0 Å². The van der Waals surface area contributed by atoms with Crippen LogP contribution in [0.5, 0.6) is 0 Å². The molecule has 0 saturated heterocycles. The van der Waals surface area contributed by atoms with Gasteiger partial charge in [-0.15, -0.1) is 10.2 Å². The monoisotopic (exact) mass is 238 g/mol. The summed E-state index contributed by atoms with van der Waals surface area (Å²) in [5, 5.41) is 21.5. The van der Waals surface area contributed by atoms with Gasteiger partial charge in [0, 0.05) is 13.1 Å². The minimum atomic E-state index is -0.229. The fraction of sp³-hybridized carbons (Fsp3) is 0.833. The highest BCUT2D eigenvalue weighted by Crippen LogP contribution is 2.20. The molecule has 5 nitrogen and oxygen atoms in total. The molecule has 96 valence electrons. The van der Waals surface area contributed by atoms with Gasteiger partial charge >= 0.3 is 0 Å². The van der Waals surface area contributed by atoms with E-state index in [9.17, 15) is 5.11 Å². The van der Waals surface area contributed by atoms with E-state index in [1.54, 1.807) is 6.33 Å². The number of aliphatic hydroxyl groups excluding tert-OH is 1. The molecular weight excluding hydrogens is 216 g/mol. The lowest BCUT2D eigenvalue weighted by molar-refractivity contribution is 0.114. The quantitative estimate of drug-likeness (QED) is 0.776. The van der Waals surface area contributed by atoms with Crippen molar-refractivity contribution in [3.8, 4) is 0 Å². The maximum Gasteiger partial charge on any atom is 0.149 e. The molecule has 1 saturated carbocycles. The first-order valence-electron chi connectivity index (χ1n) is 6.46. The second kappa shape index (κ2) is 5.60. The van der Waals surface area contributed by atoms with E-state index in [0.717, 1.165) is 25.1 Å². The van der Waals surface area contributed by atoms with Gasteiger partial charge in [0.15, 0.2) is 0 Å². The number of aryl methyl sites for hydroxylation is 1. The summed E-state index contributed by atoms with van der Waals surface area (Å²) in [7, 11) is 1.94. The summed E-state index contributed by atoms with van der Waals surface area (Å²) < 4.78 is 1.92. The van der Waals surface area contributed by atoms with Crippen LogP contribution >= 0.6 is 0 Å². The molecule has 1 aliphatic carbocycles. The summed E-state index contributed by atoms with van der Waals surface area (Å²) in [6, 6.07) is 0.310. The highest BCUT2D eigenvalue weighted by molar-refractivity contribution is 4.94. The summed E-state index contributed by atoms with van der Waals surface area (Å²) in [6.45, 7) is 2.07. The van der Waals surface area contributed by atoms with Crippen LogP contribution in [0.15, 0.2) is 6.33 Å². The van der Waals surface area contributed by atoms with Crippen molar-refractivity contribution in [2.24, 2.45) is 7.05 Å². The summed E-state index contributed by atoms with van der Waals surface area (Å²) >= 11 is 0. The summed E-state index contributed by atoms with van der Waals surface area (Å²) in [6.07, 6.45) is 6.99. The van der Waals surface area contributed by atoms with Gasteiger partial charge in [-0.25, -0.2) is 0 Å². The Bertz CT molecular complexity index is 352. The third-order valence-electron chi connectivity index (χ3n) is 3.58. The predicted octanol–water partition coefficient (Wildman–Crippen LogP) is 1.16. The van der Waals surface area contributed by atoms with Crippen molar-refractivity contribution >= 4 is 0 Å². The Morgan fingerprint density at radius 2 is 2.18 bits per heavy atom. The van der Waals surface area contributed by atoms with Crippen LogP contribution in [0.3, 0.4) is 0 Å². The minimum absolute atomic E-state index is 0.125. The molecular formula is C12H22N4O. The minimum Gasteiger partial charge on any atom is -0.392 e. The Morgan fingerprint density at radius 1 is 1.41 bits per heavy atom. The average Bonchev–Trinajstić information content (AvgIpc) is 2.63. The fourth-order valence-corrected chi connectivity index (χ4v) is 2.56. The van der Waals surface area contributed by atoms with Crippen molar-refractivity contribution in [3.63, 3.8) is 0 Å². The van der Waals surface area contributed by atoms with Crippen molar-refractivity contribution in [3.05, 3.63) is 12.2 Å². The van der Waals surface area contributed by atoms with Crippen LogP contribution in [0.4, 0.5) is 0 Å². The lowest BCUT2D eigenvalue weighted by Crippen LogP contribution is -2.41. The molecule has 0 aliphatic heterocycles. The van der Waals surface area contributed by atoms with Gasteiger partial charge in [-0.1, -0.05) is 19.3 Å². The summed E-state index contributed by atoms with van der Waals surface area (Å²) in [5.41, 5.74) is 0. The lowest BCUT2D eigenvalue weighted by Gasteiger charge is -2.25. The zero-order valence-electron chi connectivity index (χ0n) is 10.6. The number of aromatic nitrogens is 3. The van der Waals surface area contributed by atoms with Crippen molar-refractivity contribution in [2.45, 2.75) is 57.2 Å². The van der Waals surface area contributed by atoms with Gasteiger partial charge < -0.3 is 15.0 Å². The first kappa shape index (κ1) is 12.5. The molecule has 0 bridgehead atoms. The first-order chi connectivity index (χ1) is 8.18. The van der Waals surface area contributed by atoms with E-state index in [2.05, 4.69) is 22.4 Å². The smallest absolute Gasteiger partial charge is 0.149 e. The molecule has 0 aromatic carbocycles. The van der Waals surface area contributed by atoms with E-state index in [0.29, 0.717) is 0 Å². The van der Waals surface area contributed by atoms with Crippen molar-refractivity contribution in [2.75, 3.05) is 0 Å². The molecule has 0 radical (unpaired) electrons. The Kier molecular flexibility index (Phi) is 4.12. The summed E-state index contributed by atoms with van der Waals surface area (Å²) in [4.78, 5) is 0. The molecule has 3 atom stereocenters. The lowest BCUT2D eigenvalue weighted by atomic mass is 10.1. The van der Waals surface area contributed by atoms with Gasteiger partial charge in [0.25, 0.3) is 0 Å². The number of rotatable bonds is 3. The second-order valence-corrected chi connectivity index (χ2v) is 5.00. The van der Waals surface area contributed by atoms with Crippen LogP contribution in [0, 0.1) is 0 Å². The van der Waals surface area contributed by atoms with Crippen LogP contribution in [0.2, 0.25) is 0 Å². The van der Waals surface area contributed by atoms with E-state index in [-0.39, 0.29) is 18.2 Å². The van der Waals surface area contributed by atoms with Crippen LogP contribution < -0.4 is 5.32 Å². The van der Waals surface area contributed by atoms with Crippen molar-refractivity contribution in [1.82, 2.24) is 20.1 Å². The maximum absolute atomic E-state index is 10.1. The Balaban J connectivity index is 1.97. The molecule has 17 heavy (non-hydrogen) atoms. The van der Waals surface area contributed by atoms with Gasteiger partial charge in [-0.2, -0.15) is 0 Å². The second-order valence-electron chi connectivity index (χ2n) is 5.00. The highest BCUT2D eigenvalue weighted by Gasteiger charge is 2.24. The molecule has 1 aliphatic rings. The van der Waals surface area contributed by atoms with Crippen LogP contribution in [-0.2, 0) is 7.05 Å². The van der Waals surface area contributed by atoms with E-state index in [1.807, 2.05) is 11.6 Å². The molecule has 3 unspecified atom stereocenters. The van der Waals surface area contributed by atoms with E-state index in [1.165, 1.54) is 12.8 Å². The molecule has 1 aromatic rings. The molecule has 1 heterocycles. The third kappa shape index (κ3) is 3.04. The topological polar surface area (TPSA) is 63.0 Å². The number of hydrogen-bond acceptors (Lipinski definition) is 4. The molecule has 2 rings (SSSR count). The number of nitrogens with zero attached hydrogens (tertiary/aromatic N) is 3. The summed E-state index contributed by atoms with van der Waals surface area (Å²) in [5.74, 6) is 0.918. The van der Waals surface area contributed by atoms with E-state index in [4.69, 9.17) is 0 Å². The van der Waals surface area contributed by atoms with Crippen LogP contribution in [0.25, 0.3) is 0 Å². The van der Waals surface area contributed by atoms with Crippen LogP contribution in [0.1, 0.15) is 50.9 Å². The number of hydrogen-bond donors (Lipinski definition) is 2. The van der Waals surface area contributed by atoms with Gasteiger partial charge in [0.1, 0.15) is 12.2 Å². The predicted molar refractivity (Wildman–Crippen MR) is 65.4 cm³/mol. The Morgan fingerprint density at radius 3 is 2.88 bits per heavy atom. The van der Waals surface area contributed by atoms with Gasteiger partial charge in [-0.3, -0.25) is 0 Å².